The molecule has 0 saturated heterocycles. The summed E-state index contributed by atoms with van der Waals surface area (Å²) in [4.78, 5) is 14.4. The fraction of sp³-hybridized carbons (Fsp3) is 0.750. The predicted octanol–water partition coefficient (Wildman–Crippen LogP) is -0.292. The van der Waals surface area contributed by atoms with E-state index in [0.29, 0.717) is 6.42 Å². The highest BCUT2D eigenvalue weighted by Crippen LogP contribution is 1.86. The highest BCUT2D eigenvalue weighted by molar-refractivity contribution is 5.68. The van der Waals surface area contributed by atoms with Crippen LogP contribution >= 0.6 is 0 Å². The first-order valence-electron chi connectivity index (χ1n) is 2.46. The zero-order valence-electron chi connectivity index (χ0n) is 4.81. The van der Waals surface area contributed by atoms with Gasteiger partial charge in [-0.15, -0.1) is 0 Å². The second kappa shape index (κ2) is 4.55. The smallest absolute Gasteiger partial charge is 0.326 e. The van der Waals surface area contributed by atoms with Crippen LogP contribution in [0, 0.1) is 0 Å². The molecule has 0 aromatic heterocycles. The van der Waals surface area contributed by atoms with Crippen molar-refractivity contribution in [3.05, 3.63) is 0 Å². The topological polar surface area (TPSA) is 64.3 Å². The molecule has 48 valence electrons. The van der Waals surface area contributed by atoms with Gasteiger partial charge in [0.1, 0.15) is 0 Å². The Kier molecular flexibility index (Phi) is 4.20. The van der Waals surface area contributed by atoms with Crippen molar-refractivity contribution in [2.75, 3.05) is 0 Å². The van der Waals surface area contributed by atoms with Crippen LogP contribution in [0.3, 0.4) is 0 Å². The molecule has 4 nitrogen and oxygen atoms in total. The zero-order chi connectivity index (χ0) is 6.41. The van der Waals surface area contributed by atoms with Crippen molar-refractivity contribution < 1.29 is 9.63 Å². The molecule has 0 fully saturated rings. The minimum atomic E-state index is -0.324. The standard InChI is InChI=1S/C4H10N2O2/c1-2-3-4(7)8-6-5/h6H,2-3,5H2,1H3. The molecule has 0 atom stereocenters. The number of hydrogen-bond acceptors (Lipinski definition) is 4. The Hall–Kier alpha value is -0.610. The second-order valence-corrected chi connectivity index (χ2v) is 1.34. The molecule has 0 radical (unpaired) electrons. The fourth-order valence-corrected chi connectivity index (χ4v) is 0.321. The van der Waals surface area contributed by atoms with Crippen molar-refractivity contribution >= 4 is 5.97 Å². The molecule has 4 heteroatoms. The number of nitrogens with one attached hydrogen (secondary N) is 1. The molecular weight excluding hydrogens is 108 g/mol. The Bertz CT molecular complexity index is 66.4. The summed E-state index contributed by atoms with van der Waals surface area (Å²) in [6.45, 7) is 1.89. The van der Waals surface area contributed by atoms with Gasteiger partial charge in [0.15, 0.2) is 0 Å². The Morgan fingerprint density at radius 2 is 2.50 bits per heavy atom. The summed E-state index contributed by atoms with van der Waals surface area (Å²) in [5.74, 6) is 4.34. The van der Waals surface area contributed by atoms with Crippen molar-refractivity contribution in [2.24, 2.45) is 5.84 Å². The van der Waals surface area contributed by atoms with Crippen LogP contribution in [0.4, 0.5) is 0 Å². The number of nitrogens with two attached hydrogens (primary N) is 1. The lowest BCUT2D eigenvalue weighted by Crippen LogP contribution is -2.25. The van der Waals surface area contributed by atoms with Crippen LogP contribution in [0.15, 0.2) is 0 Å². The van der Waals surface area contributed by atoms with Crippen LogP contribution in [-0.2, 0) is 9.63 Å². The van der Waals surface area contributed by atoms with Crippen LogP contribution in [0.5, 0.6) is 0 Å². The normalized spacial score (nSPS) is 8.75. The molecule has 0 saturated carbocycles. The summed E-state index contributed by atoms with van der Waals surface area (Å²) >= 11 is 0. The van der Waals surface area contributed by atoms with Gasteiger partial charge in [0.25, 0.3) is 0 Å². The monoisotopic (exact) mass is 118 g/mol. The Labute approximate surface area is 47.9 Å². The SMILES string of the molecule is CCCC(=O)ONN. The number of hydrogen-bond donors (Lipinski definition) is 2. The summed E-state index contributed by atoms with van der Waals surface area (Å²) in [6.07, 6.45) is 1.19. The van der Waals surface area contributed by atoms with E-state index in [1.807, 2.05) is 6.92 Å². The molecule has 0 spiro atoms. The highest BCUT2D eigenvalue weighted by atomic mass is 16.7. The average molecular weight is 118 g/mol. The lowest BCUT2D eigenvalue weighted by molar-refractivity contribution is -0.151. The van der Waals surface area contributed by atoms with E-state index in [2.05, 4.69) is 10.7 Å². The van der Waals surface area contributed by atoms with Gasteiger partial charge in [-0.05, 0) is 6.42 Å². The number of carbonyl (C=O) groups excluding carboxylic acids is 1. The first-order valence-corrected chi connectivity index (χ1v) is 2.46. The summed E-state index contributed by atoms with van der Waals surface area (Å²) < 4.78 is 0. The minimum absolute atomic E-state index is 0.324. The Morgan fingerprint density at radius 3 is 2.88 bits per heavy atom. The van der Waals surface area contributed by atoms with Crippen LogP contribution in [0.25, 0.3) is 0 Å². The third-order valence-electron chi connectivity index (χ3n) is 0.627. The summed E-state index contributed by atoms with van der Waals surface area (Å²) in [5, 5.41) is 0. The maximum absolute atomic E-state index is 10.3. The third kappa shape index (κ3) is 3.58. The van der Waals surface area contributed by atoms with Gasteiger partial charge >= 0.3 is 5.97 Å². The molecule has 3 N–H and O–H groups in total. The van der Waals surface area contributed by atoms with E-state index >= 15 is 0 Å². The third-order valence-corrected chi connectivity index (χ3v) is 0.627. The molecule has 0 aliphatic rings. The maximum Gasteiger partial charge on any atom is 0.326 e. The number of carbonyl (C=O) groups is 1. The lowest BCUT2D eigenvalue weighted by Gasteiger charge is -1.96. The van der Waals surface area contributed by atoms with E-state index in [1.54, 1.807) is 5.59 Å². The molecule has 0 rings (SSSR count). The maximum atomic E-state index is 10.3. The molecule has 0 amide bonds. The number of hydrazine groups is 1. The van der Waals surface area contributed by atoms with Crippen LogP contribution < -0.4 is 11.4 Å². The van der Waals surface area contributed by atoms with Crippen LogP contribution in [0.2, 0.25) is 0 Å². The van der Waals surface area contributed by atoms with E-state index in [1.165, 1.54) is 0 Å². The van der Waals surface area contributed by atoms with Crippen molar-refractivity contribution in [3.63, 3.8) is 0 Å². The van der Waals surface area contributed by atoms with E-state index in [-0.39, 0.29) is 5.97 Å². The molecule has 0 bridgehead atoms. The molecule has 8 heavy (non-hydrogen) atoms. The van der Waals surface area contributed by atoms with Crippen molar-refractivity contribution in [2.45, 2.75) is 19.8 Å². The van der Waals surface area contributed by atoms with Crippen molar-refractivity contribution in [3.8, 4) is 0 Å². The molecule has 0 aliphatic carbocycles. The zero-order valence-corrected chi connectivity index (χ0v) is 4.81. The van der Waals surface area contributed by atoms with Crippen LogP contribution in [0.1, 0.15) is 19.8 Å². The predicted molar refractivity (Wildman–Crippen MR) is 28.3 cm³/mol. The second-order valence-electron chi connectivity index (χ2n) is 1.34. The summed E-state index contributed by atoms with van der Waals surface area (Å²) in [6, 6.07) is 0. The van der Waals surface area contributed by atoms with Gasteiger partial charge in [-0.2, -0.15) is 0 Å². The highest BCUT2D eigenvalue weighted by Gasteiger charge is 1.96. The Morgan fingerprint density at radius 1 is 1.88 bits per heavy atom. The van der Waals surface area contributed by atoms with E-state index in [9.17, 15) is 4.79 Å². The lowest BCUT2D eigenvalue weighted by atomic mass is 10.3. The molecule has 0 aromatic rings. The minimum Gasteiger partial charge on any atom is -0.356 e. The first-order chi connectivity index (χ1) is 3.81. The molecule has 0 aliphatic heterocycles. The van der Waals surface area contributed by atoms with E-state index in [4.69, 9.17) is 0 Å². The largest absolute Gasteiger partial charge is 0.356 e. The summed E-state index contributed by atoms with van der Waals surface area (Å²) in [7, 11) is 0. The summed E-state index contributed by atoms with van der Waals surface area (Å²) in [5.41, 5.74) is 1.80. The Balaban J connectivity index is 3.06. The fourth-order valence-electron chi connectivity index (χ4n) is 0.321. The van der Waals surface area contributed by atoms with Crippen molar-refractivity contribution in [1.29, 1.82) is 0 Å². The van der Waals surface area contributed by atoms with Gasteiger partial charge in [0.2, 0.25) is 0 Å². The number of rotatable bonds is 3. The van der Waals surface area contributed by atoms with E-state index in [0.717, 1.165) is 6.42 Å². The molecular formula is C4H10N2O2. The quantitative estimate of drug-likeness (QED) is 0.394. The molecule has 0 unspecified atom stereocenters. The van der Waals surface area contributed by atoms with Gasteiger partial charge in [0.05, 0.1) is 0 Å². The van der Waals surface area contributed by atoms with Gasteiger partial charge in [-0.3, -0.25) is 4.79 Å². The first kappa shape index (κ1) is 7.39. The average Bonchev–Trinajstić information content (AvgIpc) is 1.68. The van der Waals surface area contributed by atoms with Crippen molar-refractivity contribution in [1.82, 2.24) is 5.59 Å². The molecule has 0 aromatic carbocycles. The van der Waals surface area contributed by atoms with Gasteiger partial charge in [0, 0.05) is 6.42 Å². The van der Waals surface area contributed by atoms with E-state index < -0.39 is 0 Å². The molecule has 0 heterocycles. The van der Waals surface area contributed by atoms with Gasteiger partial charge in [-0.25, -0.2) is 5.84 Å². The van der Waals surface area contributed by atoms with Crippen LogP contribution in [-0.4, -0.2) is 5.97 Å². The van der Waals surface area contributed by atoms with Gasteiger partial charge < -0.3 is 4.84 Å². The van der Waals surface area contributed by atoms with Gasteiger partial charge in [-0.1, -0.05) is 12.5 Å².